The number of benzene rings is 1. The second-order valence-corrected chi connectivity index (χ2v) is 5.38. The fourth-order valence-electron chi connectivity index (χ4n) is 2.44. The fourth-order valence-corrected chi connectivity index (χ4v) is 2.44. The van der Waals surface area contributed by atoms with Crippen molar-refractivity contribution in [1.29, 1.82) is 0 Å². The first-order valence-electron chi connectivity index (χ1n) is 6.29. The van der Waals surface area contributed by atoms with Gasteiger partial charge in [0.1, 0.15) is 23.5 Å². The van der Waals surface area contributed by atoms with Crippen LogP contribution < -0.4 is 10.1 Å². The number of rotatable bonds is 4. The molecule has 1 aromatic carbocycles. The van der Waals surface area contributed by atoms with Crippen molar-refractivity contribution in [2.45, 2.75) is 39.3 Å². The number of halogens is 2. The smallest absolute Gasteiger partial charge is 0.129 e. The molecule has 4 heteroatoms. The van der Waals surface area contributed by atoms with Gasteiger partial charge in [0.05, 0.1) is 0 Å². The van der Waals surface area contributed by atoms with Crippen LogP contribution >= 0.6 is 0 Å². The normalized spacial score (nSPS) is 25.6. The van der Waals surface area contributed by atoms with Gasteiger partial charge in [-0.15, -0.1) is 0 Å². The van der Waals surface area contributed by atoms with Crippen molar-refractivity contribution in [2.75, 3.05) is 6.54 Å². The molecule has 2 rings (SSSR count). The first-order valence-corrected chi connectivity index (χ1v) is 6.29. The van der Waals surface area contributed by atoms with Crippen LogP contribution in [0.25, 0.3) is 0 Å². The molecule has 1 N–H and O–H groups in total. The van der Waals surface area contributed by atoms with Crippen LogP contribution in [0.5, 0.6) is 5.75 Å². The second-order valence-electron chi connectivity index (χ2n) is 5.38. The third kappa shape index (κ3) is 2.48. The number of ether oxygens (including phenoxy) is 1. The minimum atomic E-state index is -0.606. The van der Waals surface area contributed by atoms with Gasteiger partial charge in [-0.25, -0.2) is 8.78 Å². The van der Waals surface area contributed by atoms with Gasteiger partial charge in [0.25, 0.3) is 0 Å². The molecule has 1 aliphatic carbocycles. The summed E-state index contributed by atoms with van der Waals surface area (Å²) in [5.74, 6) is -0.948. The summed E-state index contributed by atoms with van der Waals surface area (Å²) in [6.07, 6.45) is 0.849. The zero-order chi connectivity index (χ0) is 13.3. The van der Waals surface area contributed by atoms with Gasteiger partial charge >= 0.3 is 0 Å². The van der Waals surface area contributed by atoms with Crippen molar-refractivity contribution in [1.82, 2.24) is 5.32 Å². The molecule has 0 spiro atoms. The van der Waals surface area contributed by atoms with E-state index in [1.807, 2.05) is 0 Å². The van der Waals surface area contributed by atoms with Crippen LogP contribution in [-0.2, 0) is 0 Å². The van der Waals surface area contributed by atoms with Crippen LogP contribution in [0.2, 0.25) is 0 Å². The molecule has 1 aromatic rings. The molecule has 0 amide bonds. The highest BCUT2D eigenvalue weighted by molar-refractivity contribution is 5.25. The molecule has 0 radical (unpaired) electrons. The summed E-state index contributed by atoms with van der Waals surface area (Å²) in [6.45, 7) is 7.18. The Hall–Kier alpha value is -1.16. The predicted molar refractivity (Wildman–Crippen MR) is 66.6 cm³/mol. The molecule has 0 saturated heterocycles. The molecule has 0 heterocycles. The van der Waals surface area contributed by atoms with Crippen molar-refractivity contribution < 1.29 is 13.5 Å². The lowest BCUT2D eigenvalue weighted by Gasteiger charge is -2.51. The minimum absolute atomic E-state index is 0.0113. The van der Waals surface area contributed by atoms with Crippen molar-refractivity contribution in [3.05, 3.63) is 29.8 Å². The maximum atomic E-state index is 13.1. The van der Waals surface area contributed by atoms with E-state index >= 15 is 0 Å². The lowest BCUT2D eigenvalue weighted by atomic mass is 9.64. The van der Waals surface area contributed by atoms with E-state index in [1.54, 1.807) is 0 Å². The molecule has 1 aliphatic rings. The third-order valence-corrected chi connectivity index (χ3v) is 3.74. The van der Waals surface area contributed by atoms with E-state index in [2.05, 4.69) is 26.1 Å². The molecule has 0 bridgehead atoms. The maximum absolute atomic E-state index is 13.1. The van der Waals surface area contributed by atoms with E-state index in [4.69, 9.17) is 4.74 Å². The van der Waals surface area contributed by atoms with E-state index in [0.29, 0.717) is 6.04 Å². The molecule has 2 nitrogen and oxygen atoms in total. The van der Waals surface area contributed by atoms with Gasteiger partial charge in [-0.1, -0.05) is 20.8 Å². The third-order valence-electron chi connectivity index (χ3n) is 3.74. The zero-order valence-corrected chi connectivity index (χ0v) is 11.0. The van der Waals surface area contributed by atoms with Gasteiger partial charge in [0.2, 0.25) is 0 Å². The summed E-state index contributed by atoms with van der Waals surface area (Å²) in [4.78, 5) is 0. The molecule has 0 aliphatic heterocycles. The summed E-state index contributed by atoms with van der Waals surface area (Å²) in [6, 6.07) is 3.69. The van der Waals surface area contributed by atoms with Gasteiger partial charge in [-0.2, -0.15) is 0 Å². The molecule has 2 unspecified atom stereocenters. The van der Waals surface area contributed by atoms with E-state index in [0.717, 1.165) is 19.0 Å². The Bertz CT molecular complexity index is 414. The van der Waals surface area contributed by atoms with Gasteiger partial charge in [-0.3, -0.25) is 0 Å². The lowest BCUT2D eigenvalue weighted by Crippen LogP contribution is -2.62. The highest BCUT2D eigenvalue weighted by atomic mass is 19.1. The van der Waals surface area contributed by atoms with E-state index in [1.165, 1.54) is 12.1 Å². The standard InChI is InChI=1S/C14H19F2NO/c1-4-17-12-8-13(14(12,2)3)18-11-6-9(15)5-10(16)7-11/h5-7,12-13,17H,4,8H2,1-3H3. The Kier molecular flexibility index (Phi) is 3.57. The Labute approximate surface area is 106 Å². The molecule has 18 heavy (non-hydrogen) atoms. The highest BCUT2D eigenvalue weighted by Crippen LogP contribution is 2.43. The molecule has 1 fully saturated rings. The second kappa shape index (κ2) is 4.84. The van der Waals surface area contributed by atoms with Gasteiger partial charge < -0.3 is 10.1 Å². The summed E-state index contributed by atoms with van der Waals surface area (Å²) in [7, 11) is 0. The van der Waals surface area contributed by atoms with E-state index in [-0.39, 0.29) is 17.3 Å². The van der Waals surface area contributed by atoms with Gasteiger partial charge in [-0.05, 0) is 6.54 Å². The molecule has 1 saturated carbocycles. The number of nitrogens with one attached hydrogen (secondary N) is 1. The Morgan fingerprint density at radius 3 is 2.39 bits per heavy atom. The van der Waals surface area contributed by atoms with Crippen molar-refractivity contribution in [3.8, 4) is 5.75 Å². The summed E-state index contributed by atoms with van der Waals surface area (Å²) in [5.41, 5.74) is -0.0290. The lowest BCUT2D eigenvalue weighted by molar-refractivity contribution is -0.0543. The first kappa shape index (κ1) is 13.3. The van der Waals surface area contributed by atoms with Gasteiger partial charge in [0.15, 0.2) is 0 Å². The SMILES string of the molecule is CCNC1CC(Oc2cc(F)cc(F)c2)C1(C)C. The van der Waals surface area contributed by atoms with Crippen LogP contribution in [0.3, 0.4) is 0 Å². The Morgan fingerprint density at radius 1 is 1.28 bits per heavy atom. The quantitative estimate of drug-likeness (QED) is 0.892. The van der Waals surface area contributed by atoms with Crippen LogP contribution in [0, 0.1) is 17.0 Å². The summed E-state index contributed by atoms with van der Waals surface area (Å²) in [5, 5.41) is 3.38. The summed E-state index contributed by atoms with van der Waals surface area (Å²) < 4.78 is 31.8. The van der Waals surface area contributed by atoms with Crippen LogP contribution in [-0.4, -0.2) is 18.7 Å². The largest absolute Gasteiger partial charge is 0.490 e. The molecule has 0 aromatic heterocycles. The molecule has 100 valence electrons. The molecular formula is C14H19F2NO. The minimum Gasteiger partial charge on any atom is -0.490 e. The number of hydrogen-bond donors (Lipinski definition) is 1. The van der Waals surface area contributed by atoms with Crippen LogP contribution in [0.15, 0.2) is 18.2 Å². The van der Waals surface area contributed by atoms with Crippen molar-refractivity contribution in [2.24, 2.45) is 5.41 Å². The Morgan fingerprint density at radius 2 is 1.89 bits per heavy atom. The van der Waals surface area contributed by atoms with Gasteiger partial charge in [0, 0.05) is 36.1 Å². The predicted octanol–water partition coefficient (Wildman–Crippen LogP) is 3.12. The van der Waals surface area contributed by atoms with E-state index < -0.39 is 11.6 Å². The van der Waals surface area contributed by atoms with Crippen molar-refractivity contribution in [3.63, 3.8) is 0 Å². The number of hydrogen-bond acceptors (Lipinski definition) is 2. The maximum Gasteiger partial charge on any atom is 0.129 e. The zero-order valence-electron chi connectivity index (χ0n) is 11.0. The Balaban J connectivity index is 2.03. The average Bonchev–Trinajstić information content (AvgIpc) is 2.26. The molecular weight excluding hydrogens is 236 g/mol. The average molecular weight is 255 g/mol. The van der Waals surface area contributed by atoms with E-state index in [9.17, 15) is 8.78 Å². The highest BCUT2D eigenvalue weighted by Gasteiger charge is 2.49. The fraction of sp³-hybridized carbons (Fsp3) is 0.571. The van der Waals surface area contributed by atoms with Crippen LogP contribution in [0.1, 0.15) is 27.2 Å². The monoisotopic (exact) mass is 255 g/mol. The first-order chi connectivity index (χ1) is 8.43. The van der Waals surface area contributed by atoms with Crippen molar-refractivity contribution >= 4 is 0 Å². The molecule has 2 atom stereocenters. The topological polar surface area (TPSA) is 21.3 Å². The van der Waals surface area contributed by atoms with Crippen LogP contribution in [0.4, 0.5) is 8.78 Å². The summed E-state index contributed by atoms with van der Waals surface area (Å²) >= 11 is 0.